The van der Waals surface area contributed by atoms with Gasteiger partial charge in [0, 0.05) is 46.3 Å². The smallest absolute Gasteiger partial charge is 0.255 e. The average molecular weight is 555 g/mol. The number of nitrogens with zero attached hydrogens (tertiary/aromatic N) is 2. The number of benzene rings is 3. The summed E-state index contributed by atoms with van der Waals surface area (Å²) in [5.74, 6) is -0.417. The summed E-state index contributed by atoms with van der Waals surface area (Å²) in [5, 5.41) is 5.84. The quantitative estimate of drug-likeness (QED) is 0.161. The molecule has 2 amide bonds. The van der Waals surface area contributed by atoms with Crippen molar-refractivity contribution in [2.24, 2.45) is 0 Å². The van der Waals surface area contributed by atoms with Crippen molar-refractivity contribution in [3.63, 3.8) is 0 Å². The lowest BCUT2D eigenvalue weighted by atomic mass is 10.1. The Bertz CT molecular complexity index is 1710. The Kier molecular flexibility index (Phi) is 8.94. The van der Waals surface area contributed by atoms with Gasteiger partial charge in [-0.3, -0.25) is 9.59 Å². The van der Waals surface area contributed by atoms with Crippen molar-refractivity contribution in [3.8, 4) is 22.3 Å². The van der Waals surface area contributed by atoms with Crippen molar-refractivity contribution in [2.75, 3.05) is 10.6 Å². The van der Waals surface area contributed by atoms with Crippen LogP contribution in [0.5, 0.6) is 0 Å². The van der Waals surface area contributed by atoms with Gasteiger partial charge in [-0.25, -0.2) is 9.13 Å². The van der Waals surface area contributed by atoms with Gasteiger partial charge in [-0.05, 0) is 85.1 Å². The van der Waals surface area contributed by atoms with Crippen LogP contribution in [0.2, 0.25) is 0 Å². The van der Waals surface area contributed by atoms with Gasteiger partial charge in [0.15, 0.2) is 24.8 Å². The van der Waals surface area contributed by atoms with E-state index in [1.165, 1.54) is 6.08 Å². The van der Waals surface area contributed by atoms with Crippen LogP contribution >= 0.6 is 0 Å². The monoisotopic (exact) mass is 554 g/mol. The zero-order valence-electron chi connectivity index (χ0n) is 23.8. The van der Waals surface area contributed by atoms with E-state index in [1.54, 1.807) is 18.2 Å². The molecule has 0 unspecified atom stereocenters. The van der Waals surface area contributed by atoms with Crippen LogP contribution in [0.1, 0.15) is 29.8 Å². The highest BCUT2D eigenvalue weighted by atomic mass is 16.2. The maximum Gasteiger partial charge on any atom is 0.255 e. The van der Waals surface area contributed by atoms with Crippen LogP contribution < -0.4 is 19.8 Å². The van der Waals surface area contributed by atoms with Crippen LogP contribution in [0.4, 0.5) is 11.4 Å². The first-order valence-electron chi connectivity index (χ1n) is 14.1. The second-order valence-electron chi connectivity index (χ2n) is 9.90. The predicted octanol–water partition coefficient (Wildman–Crippen LogP) is 6.54. The molecule has 0 bridgehead atoms. The highest BCUT2D eigenvalue weighted by Gasteiger charge is 2.08. The summed E-state index contributed by atoms with van der Waals surface area (Å²) in [6.07, 6.45) is 11.5. The molecule has 0 aliphatic heterocycles. The summed E-state index contributed by atoms with van der Waals surface area (Å²) in [6.45, 7) is 6.03. The molecule has 6 nitrogen and oxygen atoms in total. The number of carbonyl (C=O) groups is 2. The molecule has 0 fully saturated rings. The van der Waals surface area contributed by atoms with Crippen LogP contribution in [0.15, 0.2) is 128 Å². The van der Waals surface area contributed by atoms with Gasteiger partial charge < -0.3 is 10.6 Å². The average Bonchev–Trinajstić information content (AvgIpc) is 3.04. The Labute approximate surface area is 246 Å². The SMILES string of the molecule is CC[n+]1cccc(-c2ccc(NC(=O)C=Cc3ccc(C(=O)Nc4ccc(-c5ccc[n+](CC)c5)cc4)cc3)cc2)c1. The fourth-order valence-electron chi connectivity index (χ4n) is 4.58. The lowest BCUT2D eigenvalue weighted by molar-refractivity contribution is -0.693. The van der Waals surface area contributed by atoms with Crippen LogP contribution in [-0.4, -0.2) is 11.8 Å². The van der Waals surface area contributed by atoms with Crippen molar-refractivity contribution < 1.29 is 18.7 Å². The van der Waals surface area contributed by atoms with Gasteiger partial charge in [0.1, 0.15) is 13.1 Å². The molecule has 42 heavy (non-hydrogen) atoms. The maximum absolute atomic E-state index is 12.8. The minimum atomic E-state index is -0.225. The van der Waals surface area contributed by atoms with Crippen LogP contribution in [0.25, 0.3) is 28.3 Å². The summed E-state index contributed by atoms with van der Waals surface area (Å²) in [6, 6.07) is 30.9. The minimum Gasteiger partial charge on any atom is -0.323 e. The van der Waals surface area contributed by atoms with Gasteiger partial charge in [0.05, 0.1) is 0 Å². The third kappa shape index (κ3) is 7.23. The van der Waals surface area contributed by atoms with E-state index in [0.717, 1.165) is 52.3 Å². The van der Waals surface area contributed by atoms with E-state index >= 15 is 0 Å². The number of aromatic nitrogens is 2. The number of aryl methyl sites for hydroxylation is 2. The summed E-state index contributed by atoms with van der Waals surface area (Å²) in [7, 11) is 0. The number of rotatable bonds is 9. The summed E-state index contributed by atoms with van der Waals surface area (Å²) < 4.78 is 4.25. The third-order valence-electron chi connectivity index (χ3n) is 7.01. The van der Waals surface area contributed by atoms with Gasteiger partial charge in [-0.1, -0.05) is 36.4 Å². The van der Waals surface area contributed by atoms with Crippen molar-refractivity contribution in [2.45, 2.75) is 26.9 Å². The molecule has 2 heterocycles. The largest absolute Gasteiger partial charge is 0.323 e. The molecule has 2 N–H and O–H groups in total. The lowest BCUT2D eigenvalue weighted by Gasteiger charge is -2.07. The molecule has 5 rings (SSSR count). The second kappa shape index (κ2) is 13.3. The highest BCUT2D eigenvalue weighted by molar-refractivity contribution is 6.05. The summed E-state index contributed by atoms with van der Waals surface area (Å²) in [5.41, 5.74) is 7.23. The summed E-state index contributed by atoms with van der Waals surface area (Å²) >= 11 is 0. The Morgan fingerprint density at radius 2 is 1.12 bits per heavy atom. The van der Waals surface area contributed by atoms with Crippen molar-refractivity contribution in [1.82, 2.24) is 0 Å². The zero-order valence-corrected chi connectivity index (χ0v) is 23.8. The van der Waals surface area contributed by atoms with Gasteiger partial charge in [-0.2, -0.15) is 0 Å². The standard InChI is InChI=1S/C36H32N4O2/c1-3-39-23-5-7-31(25-39)28-14-18-33(19-15-28)37-35(41)22-11-27-9-12-30(13-10-27)36(42)38-34-20-16-29(17-21-34)32-8-6-24-40(4-2)26-32/h5-26H,3-4H2,1-2H3/p+2. The number of hydrogen-bond acceptors (Lipinski definition) is 2. The molecule has 0 atom stereocenters. The number of hydrogen-bond donors (Lipinski definition) is 2. The highest BCUT2D eigenvalue weighted by Crippen LogP contribution is 2.22. The second-order valence-corrected chi connectivity index (χ2v) is 9.90. The van der Waals surface area contributed by atoms with Crippen LogP contribution in [-0.2, 0) is 17.9 Å². The number of carbonyl (C=O) groups excluding carboxylic acids is 2. The van der Waals surface area contributed by atoms with Gasteiger partial charge in [0.25, 0.3) is 5.91 Å². The molecule has 0 saturated heterocycles. The van der Waals surface area contributed by atoms with E-state index in [-0.39, 0.29) is 11.8 Å². The molecule has 0 saturated carbocycles. The maximum atomic E-state index is 12.8. The number of pyridine rings is 2. The number of nitrogens with one attached hydrogen (secondary N) is 2. The normalized spacial score (nSPS) is 10.9. The first kappa shape index (κ1) is 28.2. The Balaban J connectivity index is 1.14. The van der Waals surface area contributed by atoms with E-state index in [1.807, 2.05) is 85.2 Å². The van der Waals surface area contributed by atoms with Gasteiger partial charge in [-0.15, -0.1) is 0 Å². The molecule has 0 aliphatic carbocycles. The topological polar surface area (TPSA) is 66.0 Å². The predicted molar refractivity (Wildman–Crippen MR) is 168 cm³/mol. The van der Waals surface area contributed by atoms with Crippen LogP contribution in [0.3, 0.4) is 0 Å². The molecule has 0 aliphatic rings. The first-order valence-corrected chi connectivity index (χ1v) is 14.1. The Morgan fingerprint density at radius 1 is 0.619 bits per heavy atom. The molecule has 0 radical (unpaired) electrons. The molecular formula is C36H34N4O2+2. The van der Waals surface area contributed by atoms with Crippen molar-refractivity contribution in [3.05, 3.63) is 139 Å². The molecule has 3 aromatic carbocycles. The van der Waals surface area contributed by atoms with E-state index in [9.17, 15) is 9.59 Å². The van der Waals surface area contributed by atoms with Gasteiger partial charge >= 0.3 is 0 Å². The van der Waals surface area contributed by atoms with Crippen molar-refractivity contribution in [1.29, 1.82) is 0 Å². The van der Waals surface area contributed by atoms with Crippen molar-refractivity contribution >= 4 is 29.3 Å². The fraction of sp³-hybridized carbons (Fsp3) is 0.111. The van der Waals surface area contributed by atoms with Crippen LogP contribution in [0, 0.1) is 0 Å². The lowest BCUT2D eigenvalue weighted by Crippen LogP contribution is -2.30. The molecule has 208 valence electrons. The number of amides is 2. The minimum absolute atomic E-state index is 0.192. The number of anilines is 2. The summed E-state index contributed by atoms with van der Waals surface area (Å²) in [4.78, 5) is 25.3. The van der Waals surface area contributed by atoms with E-state index in [4.69, 9.17) is 0 Å². The molecule has 2 aromatic heterocycles. The Hall–Kier alpha value is -5.36. The molecule has 6 heteroatoms. The molecule has 5 aromatic rings. The van der Waals surface area contributed by atoms with E-state index in [2.05, 4.69) is 58.1 Å². The first-order chi connectivity index (χ1) is 20.5. The van der Waals surface area contributed by atoms with E-state index in [0.29, 0.717) is 5.56 Å². The molecule has 0 spiro atoms. The third-order valence-corrected chi connectivity index (χ3v) is 7.01. The Morgan fingerprint density at radius 3 is 1.62 bits per heavy atom. The van der Waals surface area contributed by atoms with Gasteiger partial charge in [0.2, 0.25) is 5.91 Å². The molecular weight excluding hydrogens is 520 g/mol. The fourth-order valence-corrected chi connectivity index (χ4v) is 4.58. The zero-order chi connectivity index (χ0) is 29.3. The van der Waals surface area contributed by atoms with E-state index < -0.39 is 0 Å².